The lowest BCUT2D eigenvalue weighted by atomic mass is 10.0. The minimum atomic E-state index is -1.07. The third-order valence-corrected chi connectivity index (χ3v) is 4.96. The summed E-state index contributed by atoms with van der Waals surface area (Å²) in [6.45, 7) is 3.39. The Hall–Kier alpha value is -2.99. The number of aryl methyl sites for hydroxylation is 1. The Balaban J connectivity index is 2.03. The number of hydrazine groups is 1. The standard InChI is InChI=1S/C21H19ClN2O4/c1-13-7-9-15(10-8-13)20(27)14(2)23(24-18(25)11-12-19(24)26)21(28)16-5-3-4-6-17(16)22/h3-10,14H,11-12H2,1-2H3/t14-/m1/s1. The van der Waals surface area contributed by atoms with Gasteiger partial charge in [-0.15, -0.1) is 0 Å². The first-order valence-corrected chi connectivity index (χ1v) is 9.23. The molecule has 28 heavy (non-hydrogen) atoms. The van der Waals surface area contributed by atoms with Crippen molar-refractivity contribution in [2.75, 3.05) is 0 Å². The molecule has 144 valence electrons. The molecule has 2 aromatic carbocycles. The number of hydrogen-bond donors (Lipinski definition) is 0. The van der Waals surface area contributed by atoms with Gasteiger partial charge in [0.15, 0.2) is 5.78 Å². The van der Waals surface area contributed by atoms with Crippen LogP contribution in [0.1, 0.15) is 46.0 Å². The second-order valence-corrected chi connectivity index (χ2v) is 7.04. The van der Waals surface area contributed by atoms with Crippen LogP contribution in [0.15, 0.2) is 48.5 Å². The smallest absolute Gasteiger partial charge is 0.275 e. The number of benzene rings is 2. The Bertz CT molecular complexity index is 939. The second kappa shape index (κ2) is 7.94. The quantitative estimate of drug-likeness (QED) is 0.571. The molecule has 0 bridgehead atoms. The highest BCUT2D eigenvalue weighted by Gasteiger charge is 2.42. The summed E-state index contributed by atoms with van der Waals surface area (Å²) in [5, 5.41) is 1.88. The van der Waals surface area contributed by atoms with E-state index in [9.17, 15) is 19.2 Å². The summed E-state index contributed by atoms with van der Waals surface area (Å²) in [5.41, 5.74) is 1.48. The Morgan fingerprint density at radius 2 is 1.57 bits per heavy atom. The maximum Gasteiger partial charge on any atom is 0.275 e. The van der Waals surface area contributed by atoms with Crippen molar-refractivity contribution in [3.05, 3.63) is 70.2 Å². The van der Waals surface area contributed by atoms with Crippen LogP contribution in [0.25, 0.3) is 0 Å². The maximum atomic E-state index is 13.2. The van der Waals surface area contributed by atoms with Gasteiger partial charge in [-0.3, -0.25) is 19.2 Å². The molecule has 7 heteroatoms. The number of carbonyl (C=O) groups is 4. The van der Waals surface area contributed by atoms with Crippen LogP contribution in [-0.2, 0) is 9.59 Å². The fraction of sp³-hybridized carbons (Fsp3) is 0.238. The SMILES string of the molecule is Cc1ccc(C(=O)[C@@H](C)N(C(=O)c2ccccc2Cl)N2C(=O)CCC2=O)cc1. The first-order valence-electron chi connectivity index (χ1n) is 8.86. The van der Waals surface area contributed by atoms with Crippen molar-refractivity contribution in [3.63, 3.8) is 0 Å². The van der Waals surface area contributed by atoms with Gasteiger partial charge in [0.1, 0.15) is 6.04 Å². The minimum Gasteiger partial charge on any atom is -0.292 e. The van der Waals surface area contributed by atoms with Gasteiger partial charge in [0.2, 0.25) is 11.8 Å². The van der Waals surface area contributed by atoms with Crippen LogP contribution in [0.3, 0.4) is 0 Å². The summed E-state index contributed by atoms with van der Waals surface area (Å²) < 4.78 is 0. The summed E-state index contributed by atoms with van der Waals surface area (Å²) in [6, 6.07) is 12.1. The first kappa shape index (κ1) is 19.8. The topological polar surface area (TPSA) is 74.8 Å². The molecular formula is C21H19ClN2O4. The van der Waals surface area contributed by atoms with Crippen molar-refractivity contribution in [3.8, 4) is 0 Å². The van der Waals surface area contributed by atoms with Crippen molar-refractivity contribution >= 4 is 35.1 Å². The molecular weight excluding hydrogens is 380 g/mol. The largest absolute Gasteiger partial charge is 0.292 e. The lowest BCUT2D eigenvalue weighted by Gasteiger charge is -2.34. The normalized spacial score (nSPS) is 14.9. The number of amides is 3. The molecule has 0 saturated carbocycles. The van der Waals surface area contributed by atoms with E-state index in [1.807, 2.05) is 6.92 Å². The van der Waals surface area contributed by atoms with Crippen LogP contribution >= 0.6 is 11.6 Å². The molecule has 1 saturated heterocycles. The zero-order valence-electron chi connectivity index (χ0n) is 15.5. The highest BCUT2D eigenvalue weighted by Crippen LogP contribution is 2.25. The van der Waals surface area contributed by atoms with E-state index in [1.54, 1.807) is 36.4 Å². The van der Waals surface area contributed by atoms with E-state index in [1.165, 1.54) is 19.1 Å². The number of rotatable bonds is 5. The summed E-state index contributed by atoms with van der Waals surface area (Å²) in [4.78, 5) is 50.9. The highest BCUT2D eigenvalue weighted by atomic mass is 35.5. The van der Waals surface area contributed by atoms with Crippen LogP contribution in [-0.4, -0.2) is 39.6 Å². The number of halogens is 1. The third kappa shape index (κ3) is 3.68. The summed E-state index contributed by atoms with van der Waals surface area (Å²) in [5.74, 6) is -2.10. The maximum absolute atomic E-state index is 13.2. The molecule has 0 N–H and O–H groups in total. The van der Waals surface area contributed by atoms with E-state index in [2.05, 4.69) is 0 Å². The van der Waals surface area contributed by atoms with Gasteiger partial charge in [0, 0.05) is 18.4 Å². The molecule has 2 aromatic rings. The van der Waals surface area contributed by atoms with Gasteiger partial charge in [-0.1, -0.05) is 53.6 Å². The van der Waals surface area contributed by atoms with E-state index >= 15 is 0 Å². The van der Waals surface area contributed by atoms with E-state index in [4.69, 9.17) is 11.6 Å². The Kier molecular flexibility index (Phi) is 5.61. The molecule has 1 fully saturated rings. The van der Waals surface area contributed by atoms with Crippen LogP contribution in [0.4, 0.5) is 0 Å². The molecule has 0 radical (unpaired) electrons. The molecule has 1 heterocycles. The molecule has 0 aromatic heterocycles. The average molecular weight is 399 g/mol. The molecule has 0 spiro atoms. The van der Waals surface area contributed by atoms with Gasteiger partial charge in [-0.2, -0.15) is 5.01 Å². The third-order valence-electron chi connectivity index (χ3n) is 4.64. The Morgan fingerprint density at radius 1 is 1.00 bits per heavy atom. The summed E-state index contributed by atoms with van der Waals surface area (Å²) in [6.07, 6.45) is -0.00679. The predicted octanol–water partition coefficient (Wildman–Crippen LogP) is 3.43. The van der Waals surface area contributed by atoms with Gasteiger partial charge in [0.05, 0.1) is 10.6 Å². The first-order chi connectivity index (χ1) is 13.3. The lowest BCUT2D eigenvalue weighted by molar-refractivity contribution is -0.154. The molecule has 3 amide bonds. The van der Waals surface area contributed by atoms with Crippen molar-refractivity contribution < 1.29 is 19.2 Å². The fourth-order valence-corrected chi connectivity index (χ4v) is 3.29. The van der Waals surface area contributed by atoms with Crippen LogP contribution in [0.2, 0.25) is 5.02 Å². The lowest BCUT2D eigenvalue weighted by Crippen LogP contribution is -2.56. The van der Waals surface area contributed by atoms with E-state index in [-0.39, 0.29) is 29.2 Å². The van der Waals surface area contributed by atoms with Crippen molar-refractivity contribution in [1.29, 1.82) is 0 Å². The Labute approximate surface area is 167 Å². The summed E-state index contributed by atoms with van der Waals surface area (Å²) in [7, 11) is 0. The molecule has 1 aliphatic heterocycles. The van der Waals surface area contributed by atoms with Crippen molar-refractivity contribution in [1.82, 2.24) is 10.0 Å². The monoisotopic (exact) mass is 398 g/mol. The van der Waals surface area contributed by atoms with Gasteiger partial charge in [0.25, 0.3) is 5.91 Å². The molecule has 0 unspecified atom stereocenters. The van der Waals surface area contributed by atoms with Crippen molar-refractivity contribution in [2.24, 2.45) is 0 Å². The van der Waals surface area contributed by atoms with E-state index < -0.39 is 23.8 Å². The van der Waals surface area contributed by atoms with Crippen LogP contribution < -0.4 is 0 Å². The fourth-order valence-electron chi connectivity index (χ4n) is 3.07. The van der Waals surface area contributed by atoms with Gasteiger partial charge < -0.3 is 0 Å². The van der Waals surface area contributed by atoms with Crippen LogP contribution in [0.5, 0.6) is 0 Å². The van der Waals surface area contributed by atoms with Gasteiger partial charge in [-0.05, 0) is 26.0 Å². The molecule has 1 aliphatic rings. The Morgan fingerprint density at radius 3 is 2.14 bits per heavy atom. The highest BCUT2D eigenvalue weighted by molar-refractivity contribution is 6.34. The van der Waals surface area contributed by atoms with Gasteiger partial charge >= 0.3 is 0 Å². The van der Waals surface area contributed by atoms with Crippen LogP contribution in [0, 0.1) is 6.92 Å². The van der Waals surface area contributed by atoms with Crippen molar-refractivity contribution in [2.45, 2.75) is 32.7 Å². The van der Waals surface area contributed by atoms with Gasteiger partial charge in [-0.25, -0.2) is 5.01 Å². The number of nitrogens with zero attached hydrogens (tertiary/aromatic N) is 2. The number of carbonyl (C=O) groups excluding carboxylic acids is 4. The molecule has 6 nitrogen and oxygen atoms in total. The minimum absolute atomic E-state index is 0.00340. The number of ketones is 1. The molecule has 1 atom stereocenters. The number of Topliss-reactive ketones (excluding diaryl/α,β-unsaturated/α-hetero) is 1. The number of imide groups is 1. The predicted molar refractivity (Wildman–Crippen MR) is 104 cm³/mol. The zero-order chi connectivity index (χ0) is 20.4. The number of hydrogen-bond acceptors (Lipinski definition) is 4. The average Bonchev–Trinajstić information content (AvgIpc) is 3.01. The second-order valence-electron chi connectivity index (χ2n) is 6.64. The molecule has 3 rings (SSSR count). The zero-order valence-corrected chi connectivity index (χ0v) is 16.3. The van der Waals surface area contributed by atoms with E-state index in [0.717, 1.165) is 15.6 Å². The molecule has 0 aliphatic carbocycles. The van der Waals surface area contributed by atoms with E-state index in [0.29, 0.717) is 5.56 Å². The summed E-state index contributed by atoms with van der Waals surface area (Å²) >= 11 is 6.14.